The molecule has 1 aromatic rings. The van der Waals surface area contributed by atoms with Crippen molar-refractivity contribution in [2.75, 3.05) is 13.1 Å². The summed E-state index contributed by atoms with van der Waals surface area (Å²) in [4.78, 5) is 2.76. The van der Waals surface area contributed by atoms with Crippen LogP contribution in [0, 0.1) is 12.3 Å². The quantitative estimate of drug-likeness (QED) is 0.837. The third kappa shape index (κ3) is 2.88. The lowest BCUT2D eigenvalue weighted by molar-refractivity contribution is -0.146. The topological polar surface area (TPSA) is 21.3 Å². The second-order valence-electron chi connectivity index (χ2n) is 7.03. The van der Waals surface area contributed by atoms with E-state index in [1.54, 1.807) is 0 Å². The zero-order chi connectivity index (χ0) is 13.5. The maximum absolute atomic E-state index is 6.56. The summed E-state index contributed by atoms with van der Waals surface area (Å²) in [5.74, 6) is 0. The number of ether oxygens (including phenoxy) is 1. The highest BCUT2D eigenvalue weighted by molar-refractivity contribution is 7.12. The molecule has 0 amide bonds. The van der Waals surface area contributed by atoms with Crippen molar-refractivity contribution in [3.05, 3.63) is 21.9 Å². The van der Waals surface area contributed by atoms with E-state index in [-0.39, 0.29) is 11.7 Å². The molecule has 1 spiro atoms. The molecule has 2 fully saturated rings. The first-order valence-electron chi connectivity index (χ1n) is 7.43. The largest absolute Gasteiger partial charge is 0.364 e. The Hall–Kier alpha value is -0.380. The van der Waals surface area contributed by atoms with Gasteiger partial charge in [-0.2, -0.15) is 0 Å². The van der Waals surface area contributed by atoms with Gasteiger partial charge in [0.05, 0.1) is 5.60 Å². The van der Waals surface area contributed by atoms with Gasteiger partial charge in [0.15, 0.2) is 0 Å². The Morgan fingerprint density at radius 3 is 2.58 bits per heavy atom. The summed E-state index contributed by atoms with van der Waals surface area (Å²) >= 11 is 1.88. The Morgan fingerprint density at radius 1 is 1.21 bits per heavy atom. The lowest BCUT2D eigenvalue weighted by Crippen LogP contribution is -2.53. The Balaban J connectivity index is 1.71. The molecular formula is C16H25NOS. The van der Waals surface area contributed by atoms with Crippen molar-refractivity contribution < 1.29 is 4.74 Å². The molecule has 3 heteroatoms. The number of hydrogen-bond donors (Lipinski definition) is 1. The second-order valence-corrected chi connectivity index (χ2v) is 8.35. The van der Waals surface area contributed by atoms with Crippen molar-refractivity contribution in [3.8, 4) is 0 Å². The maximum atomic E-state index is 6.56. The van der Waals surface area contributed by atoms with Crippen molar-refractivity contribution >= 4 is 11.3 Å². The summed E-state index contributed by atoms with van der Waals surface area (Å²) in [6, 6.07) is 4.44. The van der Waals surface area contributed by atoms with Crippen LogP contribution in [0.3, 0.4) is 0 Å². The molecule has 0 bridgehead atoms. The van der Waals surface area contributed by atoms with Gasteiger partial charge in [0.1, 0.15) is 6.10 Å². The average Bonchev–Trinajstić information content (AvgIpc) is 2.81. The summed E-state index contributed by atoms with van der Waals surface area (Å²) in [5.41, 5.74) is 0.595. The third-order valence-corrected chi connectivity index (χ3v) is 5.86. The highest BCUT2D eigenvalue weighted by Crippen LogP contribution is 2.45. The Labute approximate surface area is 120 Å². The van der Waals surface area contributed by atoms with Gasteiger partial charge in [0.2, 0.25) is 0 Å². The molecule has 1 saturated heterocycles. The summed E-state index contributed by atoms with van der Waals surface area (Å²) in [6.45, 7) is 8.94. The SMILES string of the molecule is Cc1ccc(C2CNCC3(CCC(C)(C)CC3)O2)s1. The van der Waals surface area contributed by atoms with E-state index in [1.807, 2.05) is 11.3 Å². The molecule has 1 aromatic heterocycles. The van der Waals surface area contributed by atoms with Crippen LogP contribution < -0.4 is 5.32 Å². The van der Waals surface area contributed by atoms with Crippen LogP contribution in [0.15, 0.2) is 12.1 Å². The molecule has 1 N–H and O–H groups in total. The number of thiophene rings is 1. The molecule has 3 rings (SSSR count). The first-order valence-corrected chi connectivity index (χ1v) is 8.25. The minimum absolute atomic E-state index is 0.0936. The number of morpholine rings is 1. The smallest absolute Gasteiger partial charge is 0.105 e. The van der Waals surface area contributed by atoms with Crippen LogP contribution in [-0.4, -0.2) is 18.7 Å². The van der Waals surface area contributed by atoms with Crippen molar-refractivity contribution in [2.24, 2.45) is 5.41 Å². The van der Waals surface area contributed by atoms with E-state index in [1.165, 1.54) is 35.4 Å². The second kappa shape index (κ2) is 4.87. The van der Waals surface area contributed by atoms with Crippen molar-refractivity contribution in [2.45, 2.75) is 58.2 Å². The van der Waals surface area contributed by atoms with Gasteiger partial charge in [-0.05, 0) is 50.2 Å². The van der Waals surface area contributed by atoms with Crippen LogP contribution in [0.1, 0.15) is 55.4 Å². The first kappa shape index (κ1) is 13.6. The van der Waals surface area contributed by atoms with Gasteiger partial charge in [0, 0.05) is 22.8 Å². The van der Waals surface area contributed by atoms with E-state index in [4.69, 9.17) is 4.74 Å². The summed E-state index contributed by atoms with van der Waals surface area (Å²) < 4.78 is 6.56. The average molecular weight is 279 g/mol. The van der Waals surface area contributed by atoms with Gasteiger partial charge in [-0.25, -0.2) is 0 Å². The third-order valence-electron chi connectivity index (χ3n) is 4.76. The Bertz CT molecular complexity index is 441. The number of hydrogen-bond acceptors (Lipinski definition) is 3. The fraction of sp³-hybridized carbons (Fsp3) is 0.750. The summed E-state index contributed by atoms with van der Waals surface area (Å²) in [6.07, 6.45) is 5.23. The molecule has 1 unspecified atom stereocenters. The molecule has 0 aromatic carbocycles. The fourth-order valence-corrected chi connectivity index (χ4v) is 4.19. The predicted octanol–water partition coefficient (Wildman–Crippen LogP) is 4.06. The van der Waals surface area contributed by atoms with Gasteiger partial charge in [-0.1, -0.05) is 13.8 Å². The molecule has 1 atom stereocenters. The summed E-state index contributed by atoms with van der Waals surface area (Å²) in [7, 11) is 0. The molecular weight excluding hydrogens is 254 g/mol. The molecule has 1 aliphatic carbocycles. The van der Waals surface area contributed by atoms with Gasteiger partial charge in [-0.15, -0.1) is 11.3 Å². The van der Waals surface area contributed by atoms with Crippen LogP contribution in [0.4, 0.5) is 0 Å². The van der Waals surface area contributed by atoms with Gasteiger partial charge >= 0.3 is 0 Å². The molecule has 106 valence electrons. The van der Waals surface area contributed by atoms with Crippen molar-refractivity contribution in [3.63, 3.8) is 0 Å². The number of aryl methyl sites for hydroxylation is 1. The minimum atomic E-state index is 0.0936. The van der Waals surface area contributed by atoms with Crippen LogP contribution in [0.2, 0.25) is 0 Å². The van der Waals surface area contributed by atoms with Crippen molar-refractivity contribution in [1.82, 2.24) is 5.32 Å². The zero-order valence-electron chi connectivity index (χ0n) is 12.3. The number of nitrogens with one attached hydrogen (secondary N) is 1. The monoisotopic (exact) mass is 279 g/mol. The minimum Gasteiger partial charge on any atom is -0.364 e. The van der Waals surface area contributed by atoms with E-state index in [9.17, 15) is 0 Å². The highest BCUT2D eigenvalue weighted by atomic mass is 32.1. The Morgan fingerprint density at radius 2 is 1.95 bits per heavy atom. The lowest BCUT2D eigenvalue weighted by atomic mass is 9.70. The van der Waals surface area contributed by atoms with E-state index in [2.05, 4.69) is 38.2 Å². The van der Waals surface area contributed by atoms with E-state index < -0.39 is 0 Å². The standard InChI is InChI=1S/C16H25NOS/c1-12-4-5-14(19-12)13-10-17-11-16(18-13)8-6-15(2,3)7-9-16/h4-5,13,17H,6-11H2,1-3H3. The van der Waals surface area contributed by atoms with Crippen LogP contribution in [0.5, 0.6) is 0 Å². The van der Waals surface area contributed by atoms with Gasteiger partial charge < -0.3 is 10.1 Å². The zero-order valence-corrected chi connectivity index (χ0v) is 13.1. The van der Waals surface area contributed by atoms with Crippen molar-refractivity contribution in [1.29, 1.82) is 0 Å². The molecule has 0 radical (unpaired) electrons. The van der Waals surface area contributed by atoms with Gasteiger partial charge in [0.25, 0.3) is 0 Å². The van der Waals surface area contributed by atoms with E-state index >= 15 is 0 Å². The molecule has 1 saturated carbocycles. The first-order chi connectivity index (χ1) is 8.98. The van der Waals surface area contributed by atoms with E-state index in [0.717, 1.165) is 13.1 Å². The molecule has 1 aliphatic heterocycles. The van der Waals surface area contributed by atoms with E-state index in [0.29, 0.717) is 5.41 Å². The Kier molecular flexibility index (Phi) is 3.48. The molecule has 19 heavy (non-hydrogen) atoms. The molecule has 2 heterocycles. The molecule has 2 nitrogen and oxygen atoms in total. The fourth-order valence-electron chi connectivity index (χ4n) is 3.28. The normalized spacial score (nSPS) is 29.5. The van der Waals surface area contributed by atoms with Gasteiger partial charge in [-0.3, -0.25) is 0 Å². The number of rotatable bonds is 1. The van der Waals surface area contributed by atoms with Crippen LogP contribution in [0.25, 0.3) is 0 Å². The highest BCUT2D eigenvalue weighted by Gasteiger charge is 2.43. The van der Waals surface area contributed by atoms with Crippen LogP contribution in [-0.2, 0) is 4.74 Å². The lowest BCUT2D eigenvalue weighted by Gasteiger charge is -2.47. The maximum Gasteiger partial charge on any atom is 0.105 e. The summed E-state index contributed by atoms with van der Waals surface area (Å²) in [5, 5.41) is 3.61. The molecule has 2 aliphatic rings. The predicted molar refractivity (Wildman–Crippen MR) is 80.7 cm³/mol. The van der Waals surface area contributed by atoms with Crippen LogP contribution >= 0.6 is 11.3 Å².